The maximum Gasteiger partial charge on any atom is 0.289 e. The van der Waals surface area contributed by atoms with Gasteiger partial charge in [0.25, 0.3) is 15.9 Å². The maximum atomic E-state index is 12.6. The van der Waals surface area contributed by atoms with Crippen molar-refractivity contribution in [2.24, 2.45) is 5.73 Å². The lowest BCUT2D eigenvalue weighted by atomic mass is 10.1. The van der Waals surface area contributed by atoms with Gasteiger partial charge in [0, 0.05) is 33.7 Å². The van der Waals surface area contributed by atoms with Crippen molar-refractivity contribution in [3.05, 3.63) is 53.8 Å². The quantitative estimate of drug-likeness (QED) is 0.724. The monoisotopic (exact) mass is 401 g/mol. The predicted octanol–water partition coefficient (Wildman–Crippen LogP) is 1.60. The average molecular weight is 402 g/mol. The summed E-state index contributed by atoms with van der Waals surface area (Å²) in [6.07, 6.45) is 0.677. The van der Waals surface area contributed by atoms with Gasteiger partial charge in [-0.1, -0.05) is 30.3 Å². The topological polar surface area (TPSA) is 96.9 Å². The molecule has 2 aromatic rings. The summed E-state index contributed by atoms with van der Waals surface area (Å²) in [5.41, 5.74) is 6.71. The van der Waals surface area contributed by atoms with Crippen molar-refractivity contribution in [2.75, 3.05) is 33.7 Å². The van der Waals surface area contributed by atoms with Crippen molar-refractivity contribution in [2.45, 2.75) is 11.5 Å². The molecule has 144 valence electrons. The summed E-state index contributed by atoms with van der Waals surface area (Å²) in [4.78, 5) is 14.2. The highest BCUT2D eigenvalue weighted by Crippen LogP contribution is 2.18. The number of carbonyl (C=O) groups is 1. The van der Waals surface area contributed by atoms with E-state index in [1.54, 1.807) is 4.90 Å². The molecular formula is C17H24ClN3O4S. The number of sulfonamides is 1. The lowest BCUT2D eigenvalue weighted by Crippen LogP contribution is -2.36. The molecule has 0 atom stereocenters. The Morgan fingerprint density at radius 2 is 1.73 bits per heavy atom. The number of benzene rings is 1. The Hall–Kier alpha value is -1.87. The minimum atomic E-state index is -3.71. The summed E-state index contributed by atoms with van der Waals surface area (Å²) in [5.74, 6) is -0.386. The highest BCUT2D eigenvalue weighted by molar-refractivity contribution is 7.88. The fourth-order valence-corrected chi connectivity index (χ4v) is 3.08. The molecule has 1 aromatic heterocycles. The molecule has 7 nitrogen and oxygen atoms in total. The molecule has 1 amide bonds. The SMILES string of the molecule is CN(C)S(=O)(=O)c1ccc(C(=O)N(CCN)CCc2ccccc2)o1.Cl. The van der Waals surface area contributed by atoms with E-state index in [9.17, 15) is 13.2 Å². The van der Waals surface area contributed by atoms with Gasteiger partial charge in [-0.25, -0.2) is 12.7 Å². The Morgan fingerprint density at radius 3 is 2.31 bits per heavy atom. The molecule has 0 saturated carbocycles. The number of nitrogens with zero attached hydrogens (tertiary/aromatic N) is 2. The van der Waals surface area contributed by atoms with E-state index in [4.69, 9.17) is 10.2 Å². The van der Waals surface area contributed by atoms with Gasteiger partial charge in [0.2, 0.25) is 5.09 Å². The van der Waals surface area contributed by atoms with Crippen molar-refractivity contribution in [3.8, 4) is 0 Å². The molecule has 0 aliphatic carbocycles. The van der Waals surface area contributed by atoms with Crippen LogP contribution in [0.3, 0.4) is 0 Å². The minimum Gasteiger partial charge on any atom is -0.438 e. The molecule has 2 rings (SSSR count). The van der Waals surface area contributed by atoms with Crippen molar-refractivity contribution in [1.82, 2.24) is 9.21 Å². The zero-order valence-corrected chi connectivity index (χ0v) is 16.4. The first kappa shape index (κ1) is 22.2. The fraction of sp³-hybridized carbons (Fsp3) is 0.353. The van der Waals surface area contributed by atoms with Gasteiger partial charge in [-0.15, -0.1) is 12.4 Å². The van der Waals surface area contributed by atoms with Crippen LogP contribution in [0.2, 0.25) is 0 Å². The second kappa shape index (κ2) is 9.72. The Kier molecular flexibility index (Phi) is 8.29. The summed E-state index contributed by atoms with van der Waals surface area (Å²) in [6, 6.07) is 12.5. The van der Waals surface area contributed by atoms with Gasteiger partial charge in [0.15, 0.2) is 5.76 Å². The van der Waals surface area contributed by atoms with Gasteiger partial charge >= 0.3 is 0 Å². The molecule has 1 heterocycles. The van der Waals surface area contributed by atoms with E-state index < -0.39 is 10.0 Å². The normalized spacial score (nSPS) is 11.2. The second-order valence-corrected chi connectivity index (χ2v) is 7.81. The zero-order valence-electron chi connectivity index (χ0n) is 14.8. The molecule has 0 fully saturated rings. The average Bonchev–Trinajstić information content (AvgIpc) is 3.09. The van der Waals surface area contributed by atoms with Crippen LogP contribution in [0, 0.1) is 0 Å². The number of hydrogen-bond donors (Lipinski definition) is 1. The van der Waals surface area contributed by atoms with Crippen LogP contribution in [0.25, 0.3) is 0 Å². The van der Waals surface area contributed by atoms with Gasteiger partial charge in [-0.2, -0.15) is 0 Å². The molecule has 0 unspecified atom stereocenters. The third kappa shape index (κ3) is 5.31. The smallest absolute Gasteiger partial charge is 0.289 e. The van der Waals surface area contributed by atoms with Gasteiger partial charge in [-0.05, 0) is 24.1 Å². The van der Waals surface area contributed by atoms with E-state index in [2.05, 4.69) is 0 Å². The third-order valence-electron chi connectivity index (χ3n) is 3.73. The van der Waals surface area contributed by atoms with Crippen molar-refractivity contribution < 1.29 is 17.6 Å². The molecular weight excluding hydrogens is 378 g/mol. The van der Waals surface area contributed by atoms with Crippen molar-refractivity contribution in [1.29, 1.82) is 0 Å². The van der Waals surface area contributed by atoms with Crippen LogP contribution in [0.1, 0.15) is 16.1 Å². The van der Waals surface area contributed by atoms with Crippen LogP contribution in [0.5, 0.6) is 0 Å². The number of rotatable bonds is 8. The number of furan rings is 1. The molecule has 2 N–H and O–H groups in total. The minimum absolute atomic E-state index is 0. The van der Waals surface area contributed by atoms with Crippen molar-refractivity contribution in [3.63, 3.8) is 0 Å². The third-order valence-corrected chi connectivity index (χ3v) is 5.42. The molecule has 1 aromatic carbocycles. The molecule has 26 heavy (non-hydrogen) atoms. The van der Waals surface area contributed by atoms with E-state index >= 15 is 0 Å². The molecule has 0 radical (unpaired) electrons. The van der Waals surface area contributed by atoms with E-state index in [-0.39, 0.29) is 29.2 Å². The van der Waals surface area contributed by atoms with Crippen LogP contribution < -0.4 is 5.73 Å². The Labute approximate surface area is 160 Å². The van der Waals surface area contributed by atoms with Gasteiger partial charge in [0.05, 0.1) is 0 Å². The molecule has 0 saturated heterocycles. The zero-order chi connectivity index (χ0) is 18.4. The summed E-state index contributed by atoms with van der Waals surface area (Å²) in [7, 11) is -0.906. The van der Waals surface area contributed by atoms with Crippen LogP contribution >= 0.6 is 12.4 Å². The summed E-state index contributed by atoms with van der Waals surface area (Å²) in [6.45, 7) is 1.14. The highest BCUT2D eigenvalue weighted by Gasteiger charge is 2.25. The van der Waals surface area contributed by atoms with Gasteiger partial charge in [-0.3, -0.25) is 4.79 Å². The Bertz CT molecular complexity index is 806. The van der Waals surface area contributed by atoms with E-state index in [0.717, 1.165) is 9.87 Å². The largest absolute Gasteiger partial charge is 0.438 e. The number of nitrogens with two attached hydrogens (primary N) is 1. The van der Waals surface area contributed by atoms with Crippen LogP contribution in [0.4, 0.5) is 0 Å². The standard InChI is InChI=1S/C17H23N3O4S.ClH/c1-19(2)25(22,23)16-9-8-15(24-16)17(21)20(13-11-18)12-10-14-6-4-3-5-7-14;/h3-9H,10-13,18H2,1-2H3;1H. The first-order valence-electron chi connectivity index (χ1n) is 7.92. The second-order valence-electron chi connectivity index (χ2n) is 5.72. The van der Waals surface area contributed by atoms with Crippen LogP contribution in [-0.4, -0.2) is 57.3 Å². The molecule has 0 aliphatic rings. The number of carbonyl (C=O) groups excluding carboxylic acids is 1. The molecule has 0 spiro atoms. The van der Waals surface area contributed by atoms with E-state index in [1.165, 1.54) is 26.2 Å². The number of halogens is 1. The first-order chi connectivity index (χ1) is 11.9. The lowest BCUT2D eigenvalue weighted by Gasteiger charge is -2.21. The lowest BCUT2D eigenvalue weighted by molar-refractivity contribution is 0.0724. The van der Waals surface area contributed by atoms with Crippen LogP contribution in [0.15, 0.2) is 52.0 Å². The predicted molar refractivity (Wildman–Crippen MR) is 102 cm³/mol. The van der Waals surface area contributed by atoms with E-state index in [1.807, 2.05) is 30.3 Å². The number of amides is 1. The molecule has 9 heteroatoms. The summed E-state index contributed by atoms with van der Waals surface area (Å²) in [5, 5.41) is -0.253. The van der Waals surface area contributed by atoms with Crippen LogP contribution in [-0.2, 0) is 16.4 Å². The van der Waals surface area contributed by atoms with Crippen molar-refractivity contribution >= 4 is 28.3 Å². The molecule has 0 aliphatic heterocycles. The number of hydrogen-bond acceptors (Lipinski definition) is 5. The summed E-state index contributed by atoms with van der Waals surface area (Å²) >= 11 is 0. The Morgan fingerprint density at radius 1 is 1.08 bits per heavy atom. The van der Waals surface area contributed by atoms with E-state index in [0.29, 0.717) is 26.1 Å². The van der Waals surface area contributed by atoms with Gasteiger partial charge < -0.3 is 15.1 Å². The first-order valence-corrected chi connectivity index (χ1v) is 9.36. The summed E-state index contributed by atoms with van der Waals surface area (Å²) < 4.78 is 30.4. The molecule has 0 bridgehead atoms. The maximum absolute atomic E-state index is 12.6. The van der Waals surface area contributed by atoms with Gasteiger partial charge in [0.1, 0.15) is 0 Å². The Balaban J connectivity index is 0.00000338. The fourth-order valence-electron chi connectivity index (χ4n) is 2.29. The highest BCUT2D eigenvalue weighted by atomic mass is 35.5.